The first-order valence-electron chi connectivity index (χ1n) is 6.08. The molecule has 1 atom stereocenters. The molecule has 94 valence electrons. The third kappa shape index (κ3) is 2.49. The van der Waals surface area contributed by atoms with Gasteiger partial charge >= 0.3 is 0 Å². The summed E-state index contributed by atoms with van der Waals surface area (Å²) < 4.78 is 1.72. The van der Waals surface area contributed by atoms with Crippen LogP contribution in [0.15, 0.2) is 0 Å². The molecule has 1 aromatic heterocycles. The summed E-state index contributed by atoms with van der Waals surface area (Å²) in [7, 11) is 0. The predicted octanol–water partition coefficient (Wildman–Crippen LogP) is 0.798. The van der Waals surface area contributed by atoms with Crippen molar-refractivity contribution in [2.75, 3.05) is 0 Å². The average Bonchev–Trinajstić information content (AvgIpc) is 3.04. The normalized spacial score (nSPS) is 17.1. The Labute approximate surface area is 101 Å². The van der Waals surface area contributed by atoms with E-state index in [4.69, 9.17) is 5.73 Å². The number of aryl methyl sites for hydroxylation is 1. The zero-order valence-electron chi connectivity index (χ0n) is 10.7. The van der Waals surface area contributed by atoms with Gasteiger partial charge in [0.25, 0.3) is 0 Å². The zero-order chi connectivity index (χ0) is 12.6. The van der Waals surface area contributed by atoms with Crippen molar-refractivity contribution >= 4 is 5.91 Å². The number of amides is 1. The lowest BCUT2D eigenvalue weighted by Gasteiger charge is -2.10. The first-order chi connectivity index (χ1) is 8.00. The van der Waals surface area contributed by atoms with Gasteiger partial charge in [-0.3, -0.25) is 9.48 Å². The molecule has 0 spiro atoms. The number of aromatic nitrogens is 2. The Balaban J connectivity index is 2.17. The molecule has 1 aromatic rings. The van der Waals surface area contributed by atoms with Gasteiger partial charge in [-0.1, -0.05) is 0 Å². The second kappa shape index (κ2) is 4.49. The third-order valence-electron chi connectivity index (χ3n) is 3.40. The van der Waals surface area contributed by atoms with Crippen LogP contribution in [0.3, 0.4) is 0 Å². The second-order valence-corrected chi connectivity index (χ2v) is 4.83. The second-order valence-electron chi connectivity index (χ2n) is 4.83. The highest BCUT2D eigenvalue weighted by Gasteiger charge is 2.23. The summed E-state index contributed by atoms with van der Waals surface area (Å²) >= 11 is 0. The summed E-state index contributed by atoms with van der Waals surface area (Å²) in [5.74, 6) is -0.350. The van der Waals surface area contributed by atoms with E-state index in [0.29, 0.717) is 6.04 Å². The van der Waals surface area contributed by atoms with Crippen LogP contribution in [0.1, 0.15) is 42.8 Å². The molecule has 5 heteroatoms. The van der Waals surface area contributed by atoms with Crippen molar-refractivity contribution < 1.29 is 4.79 Å². The van der Waals surface area contributed by atoms with Crippen LogP contribution in [0, 0.1) is 13.8 Å². The first kappa shape index (κ1) is 12.1. The molecule has 1 unspecified atom stereocenters. The van der Waals surface area contributed by atoms with E-state index < -0.39 is 0 Å². The Morgan fingerprint density at radius 3 is 2.76 bits per heavy atom. The van der Waals surface area contributed by atoms with Gasteiger partial charge in [0.15, 0.2) is 0 Å². The number of hydrogen-bond donors (Lipinski definition) is 2. The number of nitrogens with two attached hydrogens (primary N) is 1. The van der Waals surface area contributed by atoms with Crippen LogP contribution in [0.5, 0.6) is 0 Å². The van der Waals surface area contributed by atoms with Crippen molar-refractivity contribution in [3.63, 3.8) is 0 Å². The zero-order valence-corrected chi connectivity index (χ0v) is 10.7. The number of nitrogens with one attached hydrogen (secondary N) is 1. The fraction of sp³-hybridized carbons (Fsp3) is 0.667. The minimum Gasteiger partial charge on any atom is -0.368 e. The van der Waals surface area contributed by atoms with E-state index in [9.17, 15) is 4.79 Å². The Hall–Kier alpha value is -1.36. The van der Waals surface area contributed by atoms with E-state index in [-0.39, 0.29) is 11.9 Å². The molecule has 1 aliphatic carbocycles. The molecule has 3 N–H and O–H groups in total. The van der Waals surface area contributed by atoms with Gasteiger partial charge in [0.1, 0.15) is 6.04 Å². The standard InChI is InChI=1S/C12H20N4O/c1-7-11(6-14-10-4-5-10)8(2)16(15-7)9(3)12(13)17/h9-10,14H,4-6H2,1-3H3,(H2,13,17). The molecule has 0 aliphatic heterocycles. The molecule has 0 bridgehead atoms. The molecular formula is C12H20N4O. The van der Waals surface area contributed by atoms with Gasteiger partial charge in [0.2, 0.25) is 5.91 Å². The van der Waals surface area contributed by atoms with Crippen molar-refractivity contribution in [1.29, 1.82) is 0 Å². The molecule has 1 saturated carbocycles. The highest BCUT2D eigenvalue weighted by Crippen LogP contribution is 2.22. The lowest BCUT2D eigenvalue weighted by Crippen LogP contribution is -2.25. The van der Waals surface area contributed by atoms with Gasteiger partial charge in [-0.25, -0.2) is 0 Å². The molecule has 1 heterocycles. The Morgan fingerprint density at radius 1 is 1.59 bits per heavy atom. The summed E-state index contributed by atoms with van der Waals surface area (Å²) in [5, 5.41) is 7.87. The summed E-state index contributed by atoms with van der Waals surface area (Å²) in [4.78, 5) is 11.2. The van der Waals surface area contributed by atoms with E-state index in [1.807, 2.05) is 13.8 Å². The molecule has 0 aromatic carbocycles. The number of rotatable bonds is 5. The van der Waals surface area contributed by atoms with Crippen molar-refractivity contribution in [3.8, 4) is 0 Å². The molecule has 1 aliphatic rings. The van der Waals surface area contributed by atoms with E-state index >= 15 is 0 Å². The smallest absolute Gasteiger partial charge is 0.242 e. The number of nitrogens with zero attached hydrogens (tertiary/aromatic N) is 2. The number of carbonyl (C=O) groups excluding carboxylic acids is 1. The fourth-order valence-electron chi connectivity index (χ4n) is 1.98. The first-order valence-corrected chi connectivity index (χ1v) is 6.08. The summed E-state index contributed by atoms with van der Waals surface area (Å²) in [6.45, 7) is 6.57. The van der Waals surface area contributed by atoms with Gasteiger partial charge < -0.3 is 11.1 Å². The van der Waals surface area contributed by atoms with Crippen molar-refractivity contribution in [2.45, 2.75) is 52.2 Å². The van der Waals surface area contributed by atoms with Crippen LogP contribution in [0.4, 0.5) is 0 Å². The van der Waals surface area contributed by atoms with Crippen LogP contribution in [-0.4, -0.2) is 21.7 Å². The van der Waals surface area contributed by atoms with Crippen molar-refractivity contribution in [1.82, 2.24) is 15.1 Å². The topological polar surface area (TPSA) is 72.9 Å². The molecule has 1 amide bonds. The minimum atomic E-state index is -0.386. The van der Waals surface area contributed by atoms with E-state index in [1.165, 1.54) is 18.4 Å². The molecule has 1 fully saturated rings. The largest absolute Gasteiger partial charge is 0.368 e. The highest BCUT2D eigenvalue weighted by atomic mass is 16.1. The third-order valence-corrected chi connectivity index (χ3v) is 3.40. The SMILES string of the molecule is Cc1nn(C(C)C(N)=O)c(C)c1CNC1CC1. The quantitative estimate of drug-likeness (QED) is 0.794. The van der Waals surface area contributed by atoms with Crippen LogP contribution in [-0.2, 0) is 11.3 Å². The number of hydrogen-bond acceptors (Lipinski definition) is 3. The van der Waals surface area contributed by atoms with Crippen molar-refractivity contribution in [2.24, 2.45) is 5.73 Å². The summed E-state index contributed by atoms with van der Waals surface area (Å²) in [5.41, 5.74) is 8.50. The van der Waals surface area contributed by atoms with Crippen LogP contribution < -0.4 is 11.1 Å². The van der Waals surface area contributed by atoms with Gasteiger partial charge in [-0.15, -0.1) is 0 Å². The van der Waals surface area contributed by atoms with Crippen LogP contribution >= 0.6 is 0 Å². The van der Waals surface area contributed by atoms with Crippen molar-refractivity contribution in [3.05, 3.63) is 17.0 Å². The van der Waals surface area contributed by atoms with E-state index in [1.54, 1.807) is 11.6 Å². The van der Waals surface area contributed by atoms with E-state index in [2.05, 4.69) is 10.4 Å². The molecular weight excluding hydrogens is 216 g/mol. The van der Waals surface area contributed by atoms with E-state index in [0.717, 1.165) is 17.9 Å². The monoisotopic (exact) mass is 236 g/mol. The molecule has 5 nitrogen and oxygen atoms in total. The van der Waals surface area contributed by atoms with Gasteiger partial charge in [0.05, 0.1) is 5.69 Å². The lowest BCUT2D eigenvalue weighted by molar-refractivity contribution is -0.121. The van der Waals surface area contributed by atoms with Crippen LogP contribution in [0.25, 0.3) is 0 Å². The van der Waals surface area contributed by atoms with Gasteiger partial charge in [-0.05, 0) is 33.6 Å². The fourth-order valence-corrected chi connectivity index (χ4v) is 1.98. The summed E-state index contributed by atoms with van der Waals surface area (Å²) in [6, 6.07) is 0.286. The molecule has 0 saturated heterocycles. The minimum absolute atomic E-state index is 0.350. The molecule has 17 heavy (non-hydrogen) atoms. The Bertz CT molecular complexity index is 434. The predicted molar refractivity (Wildman–Crippen MR) is 65.5 cm³/mol. The Kier molecular flexibility index (Phi) is 3.19. The summed E-state index contributed by atoms with van der Waals surface area (Å²) in [6.07, 6.45) is 2.54. The maximum atomic E-state index is 11.2. The molecule has 0 radical (unpaired) electrons. The van der Waals surface area contributed by atoms with Crippen LogP contribution in [0.2, 0.25) is 0 Å². The maximum Gasteiger partial charge on any atom is 0.242 e. The lowest BCUT2D eigenvalue weighted by atomic mass is 10.2. The van der Waals surface area contributed by atoms with Gasteiger partial charge in [-0.2, -0.15) is 5.10 Å². The molecule has 2 rings (SSSR count). The van der Waals surface area contributed by atoms with Gasteiger partial charge in [0, 0.05) is 23.8 Å². The Morgan fingerprint density at radius 2 is 2.24 bits per heavy atom. The average molecular weight is 236 g/mol. The number of primary amides is 1. The number of carbonyl (C=O) groups is 1. The highest BCUT2D eigenvalue weighted by molar-refractivity contribution is 5.77. The maximum absolute atomic E-state index is 11.2.